The molecule has 1 saturated heterocycles. The van der Waals surface area contributed by atoms with E-state index in [1.807, 2.05) is 0 Å². The minimum absolute atomic E-state index is 0.336. The summed E-state index contributed by atoms with van der Waals surface area (Å²) < 4.78 is 5.75. The molecule has 0 radical (unpaired) electrons. The molecule has 1 aromatic heterocycles. The average Bonchev–Trinajstić information content (AvgIpc) is 2.89. The molecule has 1 aliphatic heterocycles. The average molecular weight is 283 g/mol. The molecule has 1 N–H and O–H groups in total. The zero-order valence-corrected chi connectivity index (χ0v) is 13.0. The SMILES string of the molecule is CCNC(C)c1csc(N2CCCC(OCC)C2)n1. The second kappa shape index (κ2) is 7.22. The summed E-state index contributed by atoms with van der Waals surface area (Å²) in [6, 6.07) is 0.336. The lowest BCUT2D eigenvalue weighted by atomic mass is 10.1. The fourth-order valence-corrected chi connectivity index (χ4v) is 3.47. The van der Waals surface area contributed by atoms with Crippen molar-refractivity contribution >= 4 is 16.5 Å². The summed E-state index contributed by atoms with van der Waals surface area (Å²) >= 11 is 1.75. The number of rotatable bonds is 6. The van der Waals surface area contributed by atoms with Crippen LogP contribution in [0.15, 0.2) is 5.38 Å². The third-order valence-electron chi connectivity index (χ3n) is 3.51. The van der Waals surface area contributed by atoms with E-state index in [0.29, 0.717) is 12.1 Å². The lowest BCUT2D eigenvalue weighted by Crippen LogP contribution is -2.39. The Hall–Kier alpha value is -0.650. The van der Waals surface area contributed by atoms with Crippen LogP contribution >= 0.6 is 11.3 Å². The molecule has 0 bridgehead atoms. The molecule has 2 rings (SSSR count). The van der Waals surface area contributed by atoms with Gasteiger partial charge in [-0.1, -0.05) is 6.92 Å². The van der Waals surface area contributed by atoms with Gasteiger partial charge in [-0.15, -0.1) is 11.3 Å². The number of piperidine rings is 1. The molecule has 1 fully saturated rings. The van der Waals surface area contributed by atoms with Crippen LogP contribution in [0.1, 0.15) is 45.3 Å². The molecule has 2 unspecified atom stereocenters. The van der Waals surface area contributed by atoms with Crippen LogP contribution in [-0.4, -0.2) is 37.3 Å². The number of thiazole rings is 1. The molecule has 0 saturated carbocycles. The molecule has 0 spiro atoms. The van der Waals surface area contributed by atoms with Crippen molar-refractivity contribution in [1.82, 2.24) is 10.3 Å². The van der Waals surface area contributed by atoms with Crippen molar-refractivity contribution < 1.29 is 4.74 Å². The van der Waals surface area contributed by atoms with Crippen molar-refractivity contribution in [2.75, 3.05) is 31.1 Å². The quantitative estimate of drug-likeness (QED) is 0.871. The van der Waals surface area contributed by atoms with Gasteiger partial charge in [0.25, 0.3) is 0 Å². The summed E-state index contributed by atoms with van der Waals surface area (Å²) in [5.41, 5.74) is 1.15. The Bertz CT molecular complexity index is 381. The monoisotopic (exact) mass is 283 g/mol. The molecule has 2 heterocycles. The fourth-order valence-electron chi connectivity index (χ4n) is 2.51. The van der Waals surface area contributed by atoms with Crippen molar-refractivity contribution in [3.63, 3.8) is 0 Å². The van der Waals surface area contributed by atoms with Crippen molar-refractivity contribution in [2.24, 2.45) is 0 Å². The summed E-state index contributed by atoms with van der Waals surface area (Å²) in [5.74, 6) is 0. The van der Waals surface area contributed by atoms with E-state index in [9.17, 15) is 0 Å². The Morgan fingerprint density at radius 1 is 1.58 bits per heavy atom. The fraction of sp³-hybridized carbons (Fsp3) is 0.786. The van der Waals surface area contributed by atoms with Gasteiger partial charge in [-0.25, -0.2) is 4.98 Å². The van der Waals surface area contributed by atoms with Gasteiger partial charge in [0.1, 0.15) is 0 Å². The maximum atomic E-state index is 5.75. The lowest BCUT2D eigenvalue weighted by Gasteiger charge is -2.32. The van der Waals surface area contributed by atoms with Gasteiger partial charge in [-0.3, -0.25) is 0 Å². The van der Waals surface area contributed by atoms with E-state index in [0.717, 1.165) is 37.1 Å². The van der Waals surface area contributed by atoms with Gasteiger partial charge >= 0.3 is 0 Å². The number of aromatic nitrogens is 1. The summed E-state index contributed by atoms with van der Waals surface area (Å²) in [6.45, 7) is 10.2. The van der Waals surface area contributed by atoms with E-state index in [2.05, 4.69) is 36.4 Å². The first-order valence-electron chi connectivity index (χ1n) is 7.30. The van der Waals surface area contributed by atoms with Crippen molar-refractivity contribution in [1.29, 1.82) is 0 Å². The Morgan fingerprint density at radius 3 is 3.16 bits per heavy atom. The van der Waals surface area contributed by atoms with E-state index in [-0.39, 0.29) is 0 Å². The van der Waals surface area contributed by atoms with Crippen molar-refractivity contribution in [3.8, 4) is 0 Å². The molecule has 1 aromatic rings. The molecule has 0 aromatic carbocycles. The predicted molar refractivity (Wildman–Crippen MR) is 81.1 cm³/mol. The standard InChI is InChI=1S/C14H25N3OS/c1-4-15-11(3)13-10-19-14(16-13)17-8-6-7-12(9-17)18-5-2/h10-12,15H,4-9H2,1-3H3. The van der Waals surface area contributed by atoms with Crippen LogP contribution in [-0.2, 0) is 4.74 Å². The van der Waals surface area contributed by atoms with E-state index in [1.165, 1.54) is 12.8 Å². The summed E-state index contributed by atoms with van der Waals surface area (Å²) in [4.78, 5) is 7.15. The lowest BCUT2D eigenvalue weighted by molar-refractivity contribution is 0.0526. The van der Waals surface area contributed by atoms with Crippen LogP contribution in [0.25, 0.3) is 0 Å². The Morgan fingerprint density at radius 2 is 2.42 bits per heavy atom. The third kappa shape index (κ3) is 3.91. The molecule has 19 heavy (non-hydrogen) atoms. The maximum absolute atomic E-state index is 5.75. The molecular formula is C14H25N3OS. The topological polar surface area (TPSA) is 37.4 Å². The van der Waals surface area contributed by atoms with Crippen LogP contribution in [0.3, 0.4) is 0 Å². The molecule has 2 atom stereocenters. The molecule has 1 aliphatic rings. The molecule has 0 amide bonds. The first-order chi connectivity index (χ1) is 9.24. The van der Waals surface area contributed by atoms with Crippen LogP contribution < -0.4 is 10.2 Å². The van der Waals surface area contributed by atoms with Crippen LogP contribution in [0.4, 0.5) is 5.13 Å². The first-order valence-corrected chi connectivity index (χ1v) is 8.17. The van der Waals surface area contributed by atoms with Gasteiger partial charge in [0.2, 0.25) is 0 Å². The predicted octanol–water partition coefficient (Wildman–Crippen LogP) is 2.82. The van der Waals surface area contributed by atoms with Gasteiger partial charge < -0.3 is 15.0 Å². The Balaban J connectivity index is 1.97. The Labute approximate surface area is 120 Å². The van der Waals surface area contributed by atoms with Crippen LogP contribution in [0.5, 0.6) is 0 Å². The molecule has 5 heteroatoms. The van der Waals surface area contributed by atoms with E-state index >= 15 is 0 Å². The van der Waals surface area contributed by atoms with Crippen molar-refractivity contribution in [3.05, 3.63) is 11.1 Å². The Kier molecular flexibility index (Phi) is 5.60. The highest BCUT2D eigenvalue weighted by atomic mass is 32.1. The smallest absolute Gasteiger partial charge is 0.185 e. The van der Waals surface area contributed by atoms with E-state index in [4.69, 9.17) is 9.72 Å². The number of hydrogen-bond acceptors (Lipinski definition) is 5. The van der Waals surface area contributed by atoms with Gasteiger partial charge in [0, 0.05) is 31.1 Å². The van der Waals surface area contributed by atoms with Gasteiger partial charge in [-0.2, -0.15) is 0 Å². The van der Waals surface area contributed by atoms with Crippen molar-refractivity contribution in [2.45, 2.75) is 45.8 Å². The normalized spacial score (nSPS) is 21.6. The molecule has 108 valence electrons. The first kappa shape index (κ1) is 14.8. The highest BCUT2D eigenvalue weighted by Gasteiger charge is 2.22. The highest BCUT2D eigenvalue weighted by molar-refractivity contribution is 7.13. The van der Waals surface area contributed by atoms with Crippen LogP contribution in [0.2, 0.25) is 0 Å². The summed E-state index contributed by atoms with van der Waals surface area (Å²) in [5, 5.41) is 6.72. The van der Waals surface area contributed by atoms with Gasteiger partial charge in [0.15, 0.2) is 5.13 Å². The largest absolute Gasteiger partial charge is 0.377 e. The highest BCUT2D eigenvalue weighted by Crippen LogP contribution is 2.27. The molecule has 0 aliphatic carbocycles. The van der Waals surface area contributed by atoms with E-state index in [1.54, 1.807) is 11.3 Å². The number of anilines is 1. The maximum Gasteiger partial charge on any atom is 0.185 e. The second-order valence-electron chi connectivity index (χ2n) is 5.00. The third-order valence-corrected chi connectivity index (χ3v) is 4.43. The number of hydrogen-bond donors (Lipinski definition) is 1. The summed E-state index contributed by atoms with van der Waals surface area (Å²) in [6.07, 6.45) is 2.75. The van der Waals surface area contributed by atoms with Gasteiger partial charge in [-0.05, 0) is 33.2 Å². The van der Waals surface area contributed by atoms with Gasteiger partial charge in [0.05, 0.1) is 11.8 Å². The van der Waals surface area contributed by atoms with E-state index < -0.39 is 0 Å². The van der Waals surface area contributed by atoms with Crippen LogP contribution in [0, 0.1) is 0 Å². The molecule has 4 nitrogen and oxygen atoms in total. The zero-order valence-electron chi connectivity index (χ0n) is 12.2. The minimum Gasteiger partial charge on any atom is -0.377 e. The molecular weight excluding hydrogens is 258 g/mol. The minimum atomic E-state index is 0.336. The summed E-state index contributed by atoms with van der Waals surface area (Å²) in [7, 11) is 0. The number of nitrogens with zero attached hydrogens (tertiary/aromatic N) is 2. The second-order valence-corrected chi connectivity index (χ2v) is 5.84. The number of ether oxygens (including phenoxy) is 1. The zero-order chi connectivity index (χ0) is 13.7. The number of nitrogens with one attached hydrogen (secondary N) is 1.